The predicted octanol–water partition coefficient (Wildman–Crippen LogP) is 0.848. The lowest BCUT2D eigenvalue weighted by molar-refractivity contribution is 0.179. The van der Waals surface area contributed by atoms with Crippen LogP contribution in [0.5, 0.6) is 0 Å². The number of likely N-dealkylation sites (tertiary alicyclic amines) is 1. The quantitative estimate of drug-likeness (QED) is 0.508. The summed E-state index contributed by atoms with van der Waals surface area (Å²) in [6.07, 6.45) is 4.78. The summed E-state index contributed by atoms with van der Waals surface area (Å²) in [4.78, 5) is 2.22. The van der Waals surface area contributed by atoms with E-state index in [0.717, 1.165) is 26.1 Å². The van der Waals surface area contributed by atoms with Crippen molar-refractivity contribution in [1.82, 2.24) is 4.90 Å². The SMILES string of the molecule is OC1CCN(CC=CCCl)C1. The topological polar surface area (TPSA) is 23.5 Å². The first-order chi connectivity index (χ1) is 5.33. The molecule has 1 aliphatic rings. The van der Waals surface area contributed by atoms with Crippen molar-refractivity contribution >= 4 is 11.6 Å². The summed E-state index contributed by atoms with van der Waals surface area (Å²) in [5, 5.41) is 9.16. The standard InChI is InChI=1S/C8H14ClNO/c9-4-1-2-5-10-6-3-8(11)7-10/h1-2,8,11H,3-7H2. The molecular formula is C8H14ClNO. The zero-order valence-electron chi connectivity index (χ0n) is 6.54. The fourth-order valence-corrected chi connectivity index (χ4v) is 1.39. The number of allylic oxidation sites excluding steroid dienone is 1. The van der Waals surface area contributed by atoms with Crippen molar-refractivity contribution in [3.8, 4) is 0 Å². The lowest BCUT2D eigenvalue weighted by Gasteiger charge is -2.10. The van der Waals surface area contributed by atoms with Gasteiger partial charge in [-0.05, 0) is 6.42 Å². The van der Waals surface area contributed by atoms with Gasteiger partial charge < -0.3 is 5.11 Å². The zero-order chi connectivity index (χ0) is 8.10. The zero-order valence-corrected chi connectivity index (χ0v) is 7.30. The number of aliphatic hydroxyl groups is 1. The van der Waals surface area contributed by atoms with Gasteiger partial charge in [0.25, 0.3) is 0 Å². The van der Waals surface area contributed by atoms with Crippen LogP contribution < -0.4 is 0 Å². The number of halogens is 1. The first kappa shape index (κ1) is 9.04. The molecule has 3 heteroatoms. The Bertz CT molecular complexity index is 138. The van der Waals surface area contributed by atoms with Crippen LogP contribution >= 0.6 is 11.6 Å². The molecule has 0 saturated carbocycles. The van der Waals surface area contributed by atoms with Crippen molar-refractivity contribution in [1.29, 1.82) is 0 Å². The van der Waals surface area contributed by atoms with Gasteiger partial charge in [0.15, 0.2) is 0 Å². The van der Waals surface area contributed by atoms with Crippen LogP contribution in [0.4, 0.5) is 0 Å². The molecule has 0 bridgehead atoms. The maximum absolute atomic E-state index is 9.16. The molecule has 0 aromatic rings. The molecule has 64 valence electrons. The molecular weight excluding hydrogens is 162 g/mol. The molecule has 1 atom stereocenters. The molecule has 1 aliphatic heterocycles. The molecule has 0 amide bonds. The van der Waals surface area contributed by atoms with Crippen LogP contribution in [0.1, 0.15) is 6.42 Å². The van der Waals surface area contributed by atoms with Crippen molar-refractivity contribution in [2.75, 3.05) is 25.5 Å². The van der Waals surface area contributed by atoms with Gasteiger partial charge in [0.1, 0.15) is 0 Å². The van der Waals surface area contributed by atoms with E-state index >= 15 is 0 Å². The number of hydrogen-bond donors (Lipinski definition) is 1. The third-order valence-electron chi connectivity index (χ3n) is 1.87. The van der Waals surface area contributed by atoms with Gasteiger partial charge >= 0.3 is 0 Å². The van der Waals surface area contributed by atoms with E-state index in [2.05, 4.69) is 4.90 Å². The summed E-state index contributed by atoms with van der Waals surface area (Å²) < 4.78 is 0. The summed E-state index contributed by atoms with van der Waals surface area (Å²) in [6, 6.07) is 0. The summed E-state index contributed by atoms with van der Waals surface area (Å²) in [7, 11) is 0. The molecule has 0 radical (unpaired) electrons. The van der Waals surface area contributed by atoms with Crippen molar-refractivity contribution in [2.45, 2.75) is 12.5 Å². The van der Waals surface area contributed by atoms with Crippen LogP contribution in [0.2, 0.25) is 0 Å². The molecule has 1 rings (SSSR count). The first-order valence-corrected chi connectivity index (χ1v) is 4.47. The second kappa shape index (κ2) is 4.75. The van der Waals surface area contributed by atoms with E-state index in [9.17, 15) is 0 Å². The Hall–Kier alpha value is -0.0500. The number of aliphatic hydroxyl groups excluding tert-OH is 1. The van der Waals surface area contributed by atoms with Crippen molar-refractivity contribution < 1.29 is 5.11 Å². The lowest BCUT2D eigenvalue weighted by Crippen LogP contribution is -2.21. The van der Waals surface area contributed by atoms with Crippen LogP contribution in [-0.4, -0.2) is 41.6 Å². The Labute approximate surface area is 72.5 Å². The highest BCUT2D eigenvalue weighted by Crippen LogP contribution is 2.07. The molecule has 0 aromatic heterocycles. The smallest absolute Gasteiger partial charge is 0.0679 e. The highest BCUT2D eigenvalue weighted by atomic mass is 35.5. The number of alkyl halides is 1. The molecule has 1 fully saturated rings. The molecule has 0 aliphatic carbocycles. The summed E-state index contributed by atoms with van der Waals surface area (Å²) in [6.45, 7) is 2.74. The summed E-state index contributed by atoms with van der Waals surface area (Å²) in [5.74, 6) is 0.580. The summed E-state index contributed by atoms with van der Waals surface area (Å²) >= 11 is 5.46. The van der Waals surface area contributed by atoms with Gasteiger partial charge in [0, 0.05) is 25.5 Å². The third-order valence-corrected chi connectivity index (χ3v) is 2.05. The Morgan fingerprint density at radius 3 is 2.91 bits per heavy atom. The highest BCUT2D eigenvalue weighted by Gasteiger charge is 2.18. The highest BCUT2D eigenvalue weighted by molar-refractivity contribution is 6.18. The van der Waals surface area contributed by atoms with Crippen molar-refractivity contribution in [3.05, 3.63) is 12.2 Å². The number of rotatable bonds is 3. The molecule has 1 heterocycles. The average molecular weight is 176 g/mol. The third kappa shape index (κ3) is 3.23. The van der Waals surface area contributed by atoms with Gasteiger partial charge in [-0.15, -0.1) is 11.6 Å². The van der Waals surface area contributed by atoms with Gasteiger partial charge in [-0.25, -0.2) is 0 Å². The van der Waals surface area contributed by atoms with E-state index in [1.807, 2.05) is 12.2 Å². The van der Waals surface area contributed by atoms with E-state index in [0.29, 0.717) is 5.88 Å². The van der Waals surface area contributed by atoms with E-state index in [1.54, 1.807) is 0 Å². The minimum atomic E-state index is -0.112. The van der Waals surface area contributed by atoms with Crippen LogP contribution in [0.3, 0.4) is 0 Å². The van der Waals surface area contributed by atoms with E-state index in [4.69, 9.17) is 16.7 Å². The Morgan fingerprint density at radius 1 is 1.55 bits per heavy atom. The minimum absolute atomic E-state index is 0.112. The van der Waals surface area contributed by atoms with Crippen LogP contribution in [0.15, 0.2) is 12.2 Å². The van der Waals surface area contributed by atoms with Crippen molar-refractivity contribution in [3.63, 3.8) is 0 Å². The Balaban J connectivity index is 2.13. The van der Waals surface area contributed by atoms with Gasteiger partial charge in [0.05, 0.1) is 6.10 Å². The second-order valence-corrected chi connectivity index (χ2v) is 3.14. The fraction of sp³-hybridized carbons (Fsp3) is 0.750. The Kier molecular flexibility index (Phi) is 3.91. The molecule has 0 aromatic carbocycles. The lowest BCUT2D eigenvalue weighted by atomic mass is 10.3. The van der Waals surface area contributed by atoms with E-state index in [-0.39, 0.29) is 6.10 Å². The molecule has 11 heavy (non-hydrogen) atoms. The van der Waals surface area contributed by atoms with Crippen LogP contribution in [0, 0.1) is 0 Å². The molecule has 0 spiro atoms. The second-order valence-electron chi connectivity index (χ2n) is 2.83. The Morgan fingerprint density at radius 2 is 2.36 bits per heavy atom. The molecule has 2 nitrogen and oxygen atoms in total. The average Bonchev–Trinajstić information content (AvgIpc) is 2.37. The number of β-amino-alcohol motifs (C(OH)–C–C–N with tert-alkyl or cyclic N) is 1. The fourth-order valence-electron chi connectivity index (χ4n) is 1.26. The normalized spacial score (nSPS) is 26.9. The van der Waals surface area contributed by atoms with Gasteiger partial charge in [-0.3, -0.25) is 4.90 Å². The van der Waals surface area contributed by atoms with Crippen molar-refractivity contribution in [2.24, 2.45) is 0 Å². The van der Waals surface area contributed by atoms with Gasteiger partial charge in [-0.1, -0.05) is 12.2 Å². The summed E-state index contributed by atoms with van der Waals surface area (Å²) in [5.41, 5.74) is 0. The predicted molar refractivity (Wildman–Crippen MR) is 46.9 cm³/mol. The van der Waals surface area contributed by atoms with Gasteiger partial charge in [0.2, 0.25) is 0 Å². The molecule has 1 N–H and O–H groups in total. The molecule has 1 unspecified atom stereocenters. The number of nitrogens with zero attached hydrogens (tertiary/aromatic N) is 1. The maximum Gasteiger partial charge on any atom is 0.0679 e. The minimum Gasteiger partial charge on any atom is -0.392 e. The monoisotopic (exact) mass is 175 g/mol. The maximum atomic E-state index is 9.16. The number of hydrogen-bond acceptors (Lipinski definition) is 2. The molecule has 1 saturated heterocycles. The van der Waals surface area contributed by atoms with Crippen LogP contribution in [0.25, 0.3) is 0 Å². The largest absolute Gasteiger partial charge is 0.392 e. The van der Waals surface area contributed by atoms with Gasteiger partial charge in [-0.2, -0.15) is 0 Å². The van der Waals surface area contributed by atoms with E-state index < -0.39 is 0 Å². The van der Waals surface area contributed by atoms with Crippen LogP contribution in [-0.2, 0) is 0 Å². The first-order valence-electron chi connectivity index (χ1n) is 3.94. The van der Waals surface area contributed by atoms with E-state index in [1.165, 1.54) is 0 Å².